The minimum absolute atomic E-state index is 0.0530. The number of aliphatic imine (C=N–C) groups is 1. The first kappa shape index (κ1) is 63.9. The Hall–Kier alpha value is -7.37. The summed E-state index contributed by atoms with van der Waals surface area (Å²) in [5.41, 5.74) is 11.8. The van der Waals surface area contributed by atoms with Crippen LogP contribution >= 0.6 is 0 Å². The van der Waals surface area contributed by atoms with Crippen LogP contribution in [0.4, 0.5) is 0 Å². The highest BCUT2D eigenvalue weighted by Crippen LogP contribution is 2.21. The molecule has 2 aromatic rings. The molecule has 0 spiro atoms. The summed E-state index contributed by atoms with van der Waals surface area (Å²) in [6.07, 6.45) is 0.260. The molecule has 426 valence electrons. The van der Waals surface area contributed by atoms with E-state index in [9.17, 15) is 53.1 Å². The Morgan fingerprint density at radius 1 is 0.727 bits per heavy atom. The van der Waals surface area contributed by atoms with Gasteiger partial charge in [-0.15, -0.1) is 0 Å². The van der Waals surface area contributed by atoms with Gasteiger partial charge in [0.25, 0.3) is 0 Å². The van der Waals surface area contributed by atoms with E-state index < -0.39 is 108 Å². The fourth-order valence-electron chi connectivity index (χ4n) is 8.68. The number of nitrogens with one attached hydrogen (secondary N) is 8. The van der Waals surface area contributed by atoms with E-state index in [1.807, 2.05) is 42.5 Å². The lowest BCUT2D eigenvalue weighted by molar-refractivity contribution is -0.142. The monoisotopic (exact) mass is 1080 g/mol. The quantitative estimate of drug-likeness (QED) is 0.0253. The van der Waals surface area contributed by atoms with Gasteiger partial charge in [-0.3, -0.25) is 52.9 Å². The third-order valence-corrected chi connectivity index (χ3v) is 12.9. The van der Waals surface area contributed by atoms with Crippen molar-refractivity contribution in [2.45, 2.75) is 155 Å². The van der Waals surface area contributed by atoms with Crippen molar-refractivity contribution in [2.75, 3.05) is 39.8 Å². The number of nitrogens with zero attached hydrogens (tertiary/aromatic N) is 3. The molecule has 0 bridgehead atoms. The first-order valence-electron chi connectivity index (χ1n) is 26.5. The van der Waals surface area contributed by atoms with E-state index in [4.69, 9.17) is 11.5 Å². The summed E-state index contributed by atoms with van der Waals surface area (Å²) in [6.45, 7) is 13.0. The van der Waals surface area contributed by atoms with Crippen molar-refractivity contribution in [1.82, 2.24) is 52.3 Å². The molecule has 8 atom stereocenters. The minimum Gasteiger partial charge on any atom is -0.391 e. The molecule has 0 aliphatic carbocycles. The number of carbonyl (C=O) groups excluding carboxylic acids is 10. The normalized spacial score (nSPS) is 15.8. The summed E-state index contributed by atoms with van der Waals surface area (Å²) >= 11 is 0. The number of rotatable bonds is 30. The molecule has 0 saturated carbocycles. The molecule has 0 aromatic heterocycles. The van der Waals surface area contributed by atoms with Crippen LogP contribution in [-0.2, 0) is 54.4 Å². The van der Waals surface area contributed by atoms with Gasteiger partial charge in [0.1, 0.15) is 42.3 Å². The van der Waals surface area contributed by atoms with E-state index in [1.54, 1.807) is 41.5 Å². The highest BCUT2D eigenvalue weighted by atomic mass is 16.3. The summed E-state index contributed by atoms with van der Waals surface area (Å²) < 4.78 is 0. The van der Waals surface area contributed by atoms with Crippen LogP contribution in [0, 0.1) is 11.8 Å². The van der Waals surface area contributed by atoms with Gasteiger partial charge in [-0.25, -0.2) is 0 Å². The Bertz CT molecular complexity index is 2410. The average molecular weight is 1080 g/mol. The fourth-order valence-corrected chi connectivity index (χ4v) is 8.68. The van der Waals surface area contributed by atoms with Crippen LogP contribution in [0.5, 0.6) is 0 Å². The fraction of sp³-hybridized carbons (Fsp3) is 0.604. The lowest BCUT2D eigenvalue weighted by atomic mass is 9.99. The summed E-state index contributed by atoms with van der Waals surface area (Å²) in [4.78, 5) is 142. The van der Waals surface area contributed by atoms with Gasteiger partial charge in [0.05, 0.1) is 19.2 Å². The second-order valence-electron chi connectivity index (χ2n) is 20.2. The molecule has 77 heavy (non-hydrogen) atoms. The maximum Gasteiger partial charge on any atom is 0.245 e. The lowest BCUT2D eigenvalue weighted by Crippen LogP contribution is -2.62. The largest absolute Gasteiger partial charge is 0.391 e. The van der Waals surface area contributed by atoms with Gasteiger partial charge < -0.3 is 68.9 Å². The Morgan fingerprint density at radius 2 is 1.34 bits per heavy atom. The van der Waals surface area contributed by atoms with Crippen molar-refractivity contribution >= 4 is 75.8 Å². The number of aliphatic hydroxyl groups excluding tert-OH is 1. The zero-order valence-corrected chi connectivity index (χ0v) is 46.0. The van der Waals surface area contributed by atoms with Gasteiger partial charge in [0.15, 0.2) is 5.96 Å². The van der Waals surface area contributed by atoms with E-state index in [-0.39, 0.29) is 75.4 Å². The second kappa shape index (κ2) is 31.6. The van der Waals surface area contributed by atoms with Crippen molar-refractivity contribution in [1.29, 1.82) is 0 Å². The number of likely N-dealkylation sites (tertiary alicyclic amines) is 1. The number of hydrogen-bond acceptors (Lipinski definition) is 12. The Labute approximate surface area is 451 Å². The highest BCUT2D eigenvalue weighted by Gasteiger charge is 2.39. The van der Waals surface area contributed by atoms with Crippen LogP contribution in [0.2, 0.25) is 0 Å². The predicted octanol–water partition coefficient (Wildman–Crippen LogP) is -1.05. The summed E-state index contributed by atoms with van der Waals surface area (Å²) in [5, 5.41) is 34.0. The molecule has 24 nitrogen and oxygen atoms in total. The van der Waals surface area contributed by atoms with Crippen LogP contribution in [0.1, 0.15) is 106 Å². The van der Waals surface area contributed by atoms with Gasteiger partial charge in [0.2, 0.25) is 59.1 Å². The van der Waals surface area contributed by atoms with E-state index in [1.165, 1.54) is 25.8 Å². The highest BCUT2D eigenvalue weighted by molar-refractivity contribution is 5.98. The van der Waals surface area contributed by atoms with E-state index in [2.05, 4.69) is 47.5 Å². The third kappa shape index (κ3) is 20.9. The number of amides is 10. The van der Waals surface area contributed by atoms with Crippen LogP contribution < -0.4 is 54.0 Å². The van der Waals surface area contributed by atoms with Crippen molar-refractivity contribution in [3.63, 3.8) is 0 Å². The van der Waals surface area contributed by atoms with Gasteiger partial charge in [-0.2, -0.15) is 0 Å². The molecule has 2 aromatic carbocycles. The van der Waals surface area contributed by atoms with Crippen molar-refractivity contribution in [2.24, 2.45) is 28.3 Å². The van der Waals surface area contributed by atoms with Gasteiger partial charge in [0, 0.05) is 40.0 Å². The lowest BCUT2D eigenvalue weighted by Gasteiger charge is -2.30. The third-order valence-electron chi connectivity index (χ3n) is 12.9. The predicted molar refractivity (Wildman–Crippen MR) is 290 cm³/mol. The number of guanidine groups is 1. The van der Waals surface area contributed by atoms with E-state index in [0.717, 1.165) is 15.7 Å². The molecule has 1 aliphatic rings. The average Bonchev–Trinajstić information content (AvgIpc) is 3.86. The molecule has 10 amide bonds. The van der Waals surface area contributed by atoms with Crippen LogP contribution in [0.15, 0.2) is 47.5 Å². The molecular formula is C53H83N13O11. The van der Waals surface area contributed by atoms with Crippen LogP contribution in [0.3, 0.4) is 0 Å². The van der Waals surface area contributed by atoms with Crippen LogP contribution in [-0.4, -0.2) is 168 Å². The summed E-state index contributed by atoms with van der Waals surface area (Å²) in [5.74, 6) is -7.34. The Kier molecular flexibility index (Phi) is 26.3. The maximum atomic E-state index is 14.6. The van der Waals surface area contributed by atoms with Gasteiger partial charge in [-0.1, -0.05) is 83.5 Å². The van der Waals surface area contributed by atoms with Crippen molar-refractivity contribution in [3.05, 3.63) is 48.0 Å². The molecule has 1 fully saturated rings. The molecule has 3 rings (SSSR count). The number of nitrogens with two attached hydrogens (primary N) is 2. The topological polar surface area (TPSA) is 358 Å². The SMILES string of the molecule is CCC[C@H](NC(=O)[C@@H](NC(=O)[C@@H](CC(C)C)NC(=O)[C@@H](NC(=O)CNC(=O)CN(C)C(C)=O)C(C)C)[C@@H](C)O)C(=O)N[C@@H](Cc1ccc2ccccc2c1)C(=O)N[C@@H](CCCN=C(N)N)C(=O)N1CCC[C@H]1C(=O)NCC. The first-order chi connectivity index (χ1) is 36.4. The molecule has 0 unspecified atom stereocenters. The van der Waals surface area contributed by atoms with Crippen molar-refractivity contribution < 1.29 is 53.1 Å². The van der Waals surface area contributed by atoms with Crippen LogP contribution in [0.25, 0.3) is 10.8 Å². The molecule has 1 heterocycles. The zero-order chi connectivity index (χ0) is 57.5. The smallest absolute Gasteiger partial charge is 0.245 e. The first-order valence-corrected chi connectivity index (χ1v) is 26.5. The Balaban J connectivity index is 1.89. The number of carbonyl (C=O) groups is 10. The zero-order valence-electron chi connectivity index (χ0n) is 46.0. The Morgan fingerprint density at radius 3 is 1.95 bits per heavy atom. The maximum absolute atomic E-state index is 14.6. The number of likely N-dealkylation sites (N-methyl/N-ethyl adjacent to an activating group) is 2. The molecule has 24 heteroatoms. The molecule has 0 radical (unpaired) electrons. The molecular weight excluding hydrogens is 995 g/mol. The van der Waals surface area contributed by atoms with Gasteiger partial charge in [-0.05, 0) is 80.5 Å². The molecule has 1 saturated heterocycles. The van der Waals surface area contributed by atoms with E-state index in [0.29, 0.717) is 31.4 Å². The number of hydrogen-bond donors (Lipinski definition) is 11. The number of aliphatic hydroxyl groups is 1. The minimum atomic E-state index is -1.65. The standard InChI is InChI=1S/C53H83N13O11/c1-10-16-37(59-51(76)45(32(7)67)64-48(73)39(25-30(3)4)62-50(75)44(31(5)6)63-42(69)28-58-43(70)29-65(9)33(8)68)46(71)61-40(27-34-21-22-35-17-12-13-18-36(35)26-34)47(72)60-38(19-14-23-57-53(54)55)52(77)66-24-15-20-41(66)49(74)56-11-2/h12-13,17-18,21-22,26,30-32,37-41,44-45,67H,10-11,14-16,19-20,23-25,27-29H2,1-9H3,(H,56,74)(H,58,70)(H,59,76)(H,60,72)(H,61,71)(H,62,75)(H,63,69)(H,64,73)(H4,54,55,57)/t32-,37+,38+,39-,40+,41+,44+,45+/m1/s1. The van der Waals surface area contributed by atoms with Gasteiger partial charge >= 0.3 is 0 Å². The summed E-state index contributed by atoms with van der Waals surface area (Å²) in [6, 6.07) is 4.51. The van der Waals surface area contributed by atoms with E-state index >= 15 is 0 Å². The molecule has 1 aliphatic heterocycles. The number of fused-ring (bicyclic) bond motifs is 1. The number of benzene rings is 2. The van der Waals surface area contributed by atoms with Crippen molar-refractivity contribution in [3.8, 4) is 0 Å². The second-order valence-corrected chi connectivity index (χ2v) is 20.2. The molecule has 13 N–H and O–H groups in total. The summed E-state index contributed by atoms with van der Waals surface area (Å²) in [7, 11) is 1.42.